The van der Waals surface area contributed by atoms with E-state index >= 15 is 0 Å². The molecule has 0 unspecified atom stereocenters. The van der Waals surface area contributed by atoms with Crippen molar-refractivity contribution in [1.82, 2.24) is 5.32 Å². The van der Waals surface area contributed by atoms with Crippen molar-refractivity contribution in [2.45, 2.75) is 18.5 Å². The average molecular weight is 259 g/mol. The summed E-state index contributed by atoms with van der Waals surface area (Å²) in [6, 6.07) is 7.86. The molecule has 100 valence electrons. The fourth-order valence-electron chi connectivity index (χ4n) is 2.15. The highest BCUT2D eigenvalue weighted by Gasteiger charge is 2.40. The normalized spacial score (nSPS) is 18.4. The number of rotatable bonds is 4. The monoisotopic (exact) mass is 259 g/mol. The lowest BCUT2D eigenvalue weighted by molar-refractivity contribution is -0.179. The van der Waals surface area contributed by atoms with E-state index in [4.69, 9.17) is 4.74 Å². The molecule has 1 aromatic rings. The predicted molar refractivity (Wildman–Crippen MR) is 62.6 cm³/mol. The Morgan fingerprint density at radius 3 is 2.56 bits per heavy atom. The highest BCUT2D eigenvalue weighted by atomic mass is 19.4. The van der Waals surface area contributed by atoms with Crippen molar-refractivity contribution in [3.05, 3.63) is 35.4 Å². The fourth-order valence-corrected chi connectivity index (χ4v) is 2.15. The molecule has 1 aromatic carbocycles. The number of hydrogen-bond donors (Lipinski definition) is 1. The van der Waals surface area contributed by atoms with Gasteiger partial charge in [-0.2, -0.15) is 13.2 Å². The first kappa shape index (κ1) is 13.4. The summed E-state index contributed by atoms with van der Waals surface area (Å²) in [7, 11) is 0. The van der Waals surface area contributed by atoms with Gasteiger partial charge in [0.2, 0.25) is 0 Å². The number of benzene rings is 1. The molecule has 1 aliphatic rings. The minimum atomic E-state index is -4.26. The summed E-state index contributed by atoms with van der Waals surface area (Å²) in [6.07, 6.45) is -4.26. The van der Waals surface area contributed by atoms with E-state index in [0.29, 0.717) is 13.1 Å². The van der Waals surface area contributed by atoms with Gasteiger partial charge in [0.1, 0.15) is 6.61 Å². The third kappa shape index (κ3) is 3.03. The number of nitrogens with one attached hydrogen (secondary N) is 1. The topological polar surface area (TPSA) is 21.3 Å². The van der Waals surface area contributed by atoms with E-state index < -0.39 is 12.8 Å². The molecule has 1 saturated heterocycles. The minimum absolute atomic E-state index is 0.100. The zero-order valence-corrected chi connectivity index (χ0v) is 10.2. The second-order valence-electron chi connectivity index (χ2n) is 4.86. The third-order valence-electron chi connectivity index (χ3n) is 3.20. The van der Waals surface area contributed by atoms with Crippen LogP contribution in [-0.2, 0) is 10.2 Å². The zero-order chi connectivity index (χ0) is 13.2. The molecule has 5 heteroatoms. The quantitative estimate of drug-likeness (QED) is 0.896. The minimum Gasteiger partial charge on any atom is -0.371 e. The van der Waals surface area contributed by atoms with E-state index in [1.807, 2.05) is 31.2 Å². The summed E-state index contributed by atoms with van der Waals surface area (Å²) < 4.78 is 41.1. The molecule has 0 aliphatic carbocycles. The molecule has 2 nitrogen and oxygen atoms in total. The van der Waals surface area contributed by atoms with Gasteiger partial charge in [-0.25, -0.2) is 0 Å². The molecular weight excluding hydrogens is 243 g/mol. The van der Waals surface area contributed by atoms with Gasteiger partial charge in [0.15, 0.2) is 0 Å². The number of alkyl halides is 3. The van der Waals surface area contributed by atoms with E-state index in [1.54, 1.807) is 0 Å². The molecule has 1 aliphatic heterocycles. The van der Waals surface area contributed by atoms with Crippen LogP contribution in [0.2, 0.25) is 0 Å². The SMILES string of the molecule is Cc1cccc(C2(COCC(F)(F)F)CNC2)c1. The van der Waals surface area contributed by atoms with Crippen LogP contribution >= 0.6 is 0 Å². The number of aryl methyl sites for hydroxylation is 1. The molecule has 2 rings (SSSR count). The molecule has 1 fully saturated rings. The zero-order valence-electron chi connectivity index (χ0n) is 10.2. The third-order valence-corrected chi connectivity index (χ3v) is 3.20. The van der Waals surface area contributed by atoms with Crippen LogP contribution in [0.5, 0.6) is 0 Å². The lowest BCUT2D eigenvalue weighted by Crippen LogP contribution is -2.59. The molecular formula is C13H16F3NO. The first-order valence-corrected chi connectivity index (χ1v) is 5.84. The van der Waals surface area contributed by atoms with Crippen LogP contribution in [0.4, 0.5) is 13.2 Å². The summed E-state index contributed by atoms with van der Waals surface area (Å²) in [5.41, 5.74) is 1.84. The lowest BCUT2D eigenvalue weighted by Gasteiger charge is -2.43. The van der Waals surface area contributed by atoms with Crippen molar-refractivity contribution in [3.8, 4) is 0 Å². The Morgan fingerprint density at radius 2 is 2.06 bits per heavy atom. The Kier molecular flexibility index (Phi) is 3.64. The fraction of sp³-hybridized carbons (Fsp3) is 0.538. The van der Waals surface area contributed by atoms with Gasteiger partial charge in [-0.15, -0.1) is 0 Å². The maximum Gasteiger partial charge on any atom is 0.411 e. The summed E-state index contributed by atoms with van der Waals surface area (Å²) in [5, 5.41) is 3.11. The number of halogens is 3. The summed E-state index contributed by atoms with van der Waals surface area (Å²) in [6.45, 7) is 2.21. The summed E-state index contributed by atoms with van der Waals surface area (Å²) >= 11 is 0. The van der Waals surface area contributed by atoms with Crippen molar-refractivity contribution < 1.29 is 17.9 Å². The van der Waals surface area contributed by atoms with E-state index in [1.165, 1.54) is 0 Å². The standard InChI is InChI=1S/C13H16F3NO/c1-10-3-2-4-11(5-10)12(6-17-7-12)8-18-9-13(14,15)16/h2-5,17H,6-9H2,1H3. The van der Waals surface area contributed by atoms with Gasteiger partial charge >= 0.3 is 6.18 Å². The van der Waals surface area contributed by atoms with Gasteiger partial charge in [0.05, 0.1) is 6.61 Å². The van der Waals surface area contributed by atoms with E-state index in [0.717, 1.165) is 11.1 Å². The van der Waals surface area contributed by atoms with Gasteiger partial charge in [-0.05, 0) is 12.5 Å². The second kappa shape index (κ2) is 4.90. The highest BCUT2D eigenvalue weighted by molar-refractivity contribution is 5.33. The van der Waals surface area contributed by atoms with Gasteiger partial charge < -0.3 is 10.1 Å². The highest BCUT2D eigenvalue weighted by Crippen LogP contribution is 2.30. The van der Waals surface area contributed by atoms with Crippen LogP contribution in [0.15, 0.2) is 24.3 Å². The van der Waals surface area contributed by atoms with Crippen molar-refractivity contribution >= 4 is 0 Å². The lowest BCUT2D eigenvalue weighted by atomic mass is 9.75. The van der Waals surface area contributed by atoms with Gasteiger partial charge in [0, 0.05) is 18.5 Å². The predicted octanol–water partition coefficient (Wildman–Crippen LogP) is 2.41. The van der Waals surface area contributed by atoms with Crippen molar-refractivity contribution in [3.63, 3.8) is 0 Å². The first-order valence-electron chi connectivity index (χ1n) is 5.84. The molecule has 0 amide bonds. The van der Waals surface area contributed by atoms with E-state index in [2.05, 4.69) is 5.32 Å². The molecule has 0 radical (unpaired) electrons. The Morgan fingerprint density at radius 1 is 1.33 bits per heavy atom. The number of hydrogen-bond acceptors (Lipinski definition) is 2. The second-order valence-corrected chi connectivity index (χ2v) is 4.86. The van der Waals surface area contributed by atoms with Crippen LogP contribution in [0.25, 0.3) is 0 Å². The van der Waals surface area contributed by atoms with Crippen molar-refractivity contribution in [1.29, 1.82) is 0 Å². The molecule has 0 aromatic heterocycles. The van der Waals surface area contributed by atoms with Crippen molar-refractivity contribution in [2.75, 3.05) is 26.3 Å². The van der Waals surface area contributed by atoms with Crippen LogP contribution in [-0.4, -0.2) is 32.5 Å². The van der Waals surface area contributed by atoms with E-state index in [9.17, 15) is 13.2 Å². The molecule has 1 heterocycles. The molecule has 18 heavy (non-hydrogen) atoms. The first-order chi connectivity index (χ1) is 8.41. The van der Waals surface area contributed by atoms with Crippen molar-refractivity contribution in [2.24, 2.45) is 0 Å². The summed E-state index contributed by atoms with van der Waals surface area (Å²) in [5.74, 6) is 0. The molecule has 0 spiro atoms. The smallest absolute Gasteiger partial charge is 0.371 e. The van der Waals surface area contributed by atoms with Crippen LogP contribution in [0.1, 0.15) is 11.1 Å². The average Bonchev–Trinajstić information content (AvgIpc) is 2.20. The molecule has 1 N–H and O–H groups in total. The number of ether oxygens (including phenoxy) is 1. The summed E-state index contributed by atoms with van der Waals surface area (Å²) in [4.78, 5) is 0. The Bertz CT molecular complexity index is 413. The molecule has 0 bridgehead atoms. The van der Waals surface area contributed by atoms with Gasteiger partial charge in [-0.3, -0.25) is 0 Å². The maximum absolute atomic E-state index is 12.1. The Balaban J connectivity index is 2.03. The Labute approximate surface area is 104 Å². The van der Waals surface area contributed by atoms with Gasteiger partial charge in [0.25, 0.3) is 0 Å². The van der Waals surface area contributed by atoms with Crippen LogP contribution < -0.4 is 5.32 Å². The molecule has 0 atom stereocenters. The van der Waals surface area contributed by atoms with Crippen LogP contribution in [0, 0.1) is 6.92 Å². The maximum atomic E-state index is 12.1. The Hall–Kier alpha value is -1.07. The molecule has 0 saturated carbocycles. The van der Waals surface area contributed by atoms with Crippen LogP contribution in [0.3, 0.4) is 0 Å². The van der Waals surface area contributed by atoms with E-state index in [-0.39, 0.29) is 12.0 Å². The largest absolute Gasteiger partial charge is 0.411 e. The van der Waals surface area contributed by atoms with Gasteiger partial charge in [-0.1, -0.05) is 29.8 Å².